The summed E-state index contributed by atoms with van der Waals surface area (Å²) in [4.78, 5) is 22.4. The normalized spacial score (nSPS) is 15.0. The fraction of sp³-hybridized carbons (Fsp3) is 0.300. The van der Waals surface area contributed by atoms with Crippen LogP contribution < -0.4 is 5.32 Å². The van der Waals surface area contributed by atoms with E-state index in [2.05, 4.69) is 5.32 Å². The van der Waals surface area contributed by atoms with Crippen molar-refractivity contribution >= 4 is 46.0 Å². The average Bonchev–Trinajstić information content (AvgIpc) is 2.67. The largest absolute Gasteiger partial charge is 0.349 e. The van der Waals surface area contributed by atoms with Crippen LogP contribution in [0.4, 0.5) is 8.78 Å². The molecule has 3 rings (SSSR count). The van der Waals surface area contributed by atoms with Gasteiger partial charge in [-0.15, -0.1) is 23.2 Å². The molecular weight excluding hydrogens is 431 g/mol. The maximum Gasteiger partial charge on any atom is 0.252 e. The van der Waals surface area contributed by atoms with E-state index in [1.807, 2.05) is 6.07 Å². The zero-order valence-corrected chi connectivity index (χ0v) is 17.0. The number of amides is 1. The number of alkyl halides is 4. The molecule has 1 amide bonds. The monoisotopic (exact) mass is 447 g/mol. The van der Waals surface area contributed by atoms with Gasteiger partial charge in [-0.1, -0.05) is 30.3 Å². The Morgan fingerprint density at radius 2 is 1.46 bits per heavy atom. The van der Waals surface area contributed by atoms with Gasteiger partial charge in [-0.25, -0.2) is 8.78 Å². The highest BCUT2D eigenvalue weighted by Crippen LogP contribution is 2.37. The standard InChI is InChI=1S/C12H12ClF2NO.C8H6Cl2O/c13-7-8-2-1-3-9(4-8)11(17)16-10-5-12(14,15)6-10;9-5-6-2-1-3-7(4-6)8(10)11/h1-4,10H,5-7H2,(H,16,17);1-4H,5H2. The van der Waals surface area contributed by atoms with E-state index < -0.39 is 17.2 Å². The Hall–Kier alpha value is -1.69. The zero-order valence-electron chi connectivity index (χ0n) is 14.7. The molecule has 28 heavy (non-hydrogen) atoms. The number of hydrogen-bond donors (Lipinski definition) is 1. The zero-order chi connectivity index (χ0) is 20.7. The van der Waals surface area contributed by atoms with Crippen molar-refractivity contribution in [2.75, 3.05) is 0 Å². The maximum absolute atomic E-state index is 12.6. The molecule has 0 atom stereocenters. The minimum absolute atomic E-state index is 0.270. The lowest BCUT2D eigenvalue weighted by Gasteiger charge is -2.35. The second kappa shape index (κ2) is 10.2. The molecule has 2 aromatic rings. The van der Waals surface area contributed by atoms with Crippen LogP contribution in [0.15, 0.2) is 48.5 Å². The summed E-state index contributed by atoms with van der Waals surface area (Å²) in [5.41, 5.74) is 2.68. The summed E-state index contributed by atoms with van der Waals surface area (Å²) in [7, 11) is 0. The Kier molecular flexibility index (Phi) is 8.23. The van der Waals surface area contributed by atoms with E-state index in [4.69, 9.17) is 34.8 Å². The molecule has 1 saturated carbocycles. The molecular formula is C20H18Cl3F2NO2. The molecule has 8 heteroatoms. The Labute approximate surface area is 177 Å². The summed E-state index contributed by atoms with van der Waals surface area (Å²) in [6.07, 6.45) is -0.540. The van der Waals surface area contributed by atoms with Crippen LogP contribution in [0.2, 0.25) is 0 Å². The first-order chi connectivity index (χ1) is 13.2. The van der Waals surface area contributed by atoms with Crippen molar-refractivity contribution in [1.29, 1.82) is 0 Å². The minimum atomic E-state index is -2.62. The minimum Gasteiger partial charge on any atom is -0.349 e. The molecule has 0 aliphatic heterocycles. The number of nitrogens with one attached hydrogen (secondary N) is 1. The second-order valence-corrected chi connectivity index (χ2v) is 7.25. The first-order valence-electron chi connectivity index (χ1n) is 8.42. The molecule has 1 fully saturated rings. The predicted molar refractivity (Wildman–Crippen MR) is 108 cm³/mol. The van der Waals surface area contributed by atoms with Crippen LogP contribution in [-0.4, -0.2) is 23.1 Å². The maximum atomic E-state index is 12.6. The van der Waals surface area contributed by atoms with Gasteiger partial charge in [0.2, 0.25) is 0 Å². The lowest BCUT2D eigenvalue weighted by Crippen LogP contribution is -2.50. The molecule has 1 aliphatic rings. The fourth-order valence-electron chi connectivity index (χ4n) is 2.60. The van der Waals surface area contributed by atoms with E-state index >= 15 is 0 Å². The van der Waals surface area contributed by atoms with E-state index in [0.717, 1.165) is 11.1 Å². The van der Waals surface area contributed by atoms with Crippen LogP contribution >= 0.6 is 34.8 Å². The Morgan fingerprint density at radius 1 is 0.964 bits per heavy atom. The Bertz CT molecular complexity index is 838. The molecule has 0 radical (unpaired) electrons. The molecule has 0 aromatic heterocycles. The highest BCUT2D eigenvalue weighted by molar-refractivity contribution is 6.67. The third-order valence-electron chi connectivity index (χ3n) is 4.08. The first kappa shape index (κ1) is 22.6. The molecule has 2 aromatic carbocycles. The van der Waals surface area contributed by atoms with Crippen molar-refractivity contribution in [1.82, 2.24) is 5.32 Å². The lowest BCUT2D eigenvalue weighted by atomic mass is 9.88. The van der Waals surface area contributed by atoms with Crippen LogP contribution in [-0.2, 0) is 11.8 Å². The van der Waals surface area contributed by atoms with Gasteiger partial charge in [0, 0.05) is 41.8 Å². The number of halogens is 5. The molecule has 3 nitrogen and oxygen atoms in total. The number of carbonyl (C=O) groups is 2. The van der Waals surface area contributed by atoms with E-state index in [9.17, 15) is 18.4 Å². The van der Waals surface area contributed by atoms with Gasteiger partial charge >= 0.3 is 0 Å². The van der Waals surface area contributed by atoms with Crippen molar-refractivity contribution in [3.63, 3.8) is 0 Å². The number of hydrogen-bond acceptors (Lipinski definition) is 2. The quantitative estimate of drug-likeness (QED) is 0.467. The summed E-state index contributed by atoms with van der Waals surface area (Å²) in [6, 6.07) is 13.4. The van der Waals surface area contributed by atoms with Crippen molar-refractivity contribution in [2.24, 2.45) is 0 Å². The molecule has 0 saturated heterocycles. The second-order valence-electron chi connectivity index (χ2n) is 6.38. The van der Waals surface area contributed by atoms with E-state index in [0.29, 0.717) is 22.9 Å². The van der Waals surface area contributed by atoms with Crippen LogP contribution in [0.5, 0.6) is 0 Å². The van der Waals surface area contributed by atoms with Crippen LogP contribution in [0.25, 0.3) is 0 Å². The molecule has 0 unspecified atom stereocenters. The van der Waals surface area contributed by atoms with Gasteiger partial charge in [0.25, 0.3) is 17.1 Å². The third kappa shape index (κ3) is 6.73. The van der Waals surface area contributed by atoms with Gasteiger partial charge in [0.05, 0.1) is 0 Å². The van der Waals surface area contributed by atoms with Crippen molar-refractivity contribution in [2.45, 2.75) is 36.6 Å². The topological polar surface area (TPSA) is 46.2 Å². The molecule has 1 N–H and O–H groups in total. The van der Waals surface area contributed by atoms with Gasteiger partial charge < -0.3 is 5.32 Å². The van der Waals surface area contributed by atoms with E-state index in [-0.39, 0.29) is 18.7 Å². The highest BCUT2D eigenvalue weighted by Gasteiger charge is 2.45. The lowest BCUT2D eigenvalue weighted by molar-refractivity contribution is -0.0901. The van der Waals surface area contributed by atoms with Crippen LogP contribution in [0, 0.1) is 0 Å². The number of benzene rings is 2. The summed E-state index contributed by atoms with van der Waals surface area (Å²) in [5, 5.41) is 2.13. The number of carbonyl (C=O) groups excluding carboxylic acids is 2. The van der Waals surface area contributed by atoms with Gasteiger partial charge in [0.15, 0.2) is 0 Å². The average molecular weight is 449 g/mol. The molecule has 0 spiro atoms. The summed E-state index contributed by atoms with van der Waals surface area (Å²) in [6.45, 7) is 0. The molecule has 0 bridgehead atoms. The summed E-state index contributed by atoms with van der Waals surface area (Å²) < 4.78 is 25.2. The predicted octanol–water partition coefficient (Wildman–Crippen LogP) is 5.76. The molecule has 0 heterocycles. The van der Waals surface area contributed by atoms with Crippen LogP contribution in [0.3, 0.4) is 0 Å². The smallest absolute Gasteiger partial charge is 0.252 e. The summed E-state index contributed by atoms with van der Waals surface area (Å²) in [5.74, 6) is -2.21. The van der Waals surface area contributed by atoms with E-state index in [1.165, 1.54) is 0 Å². The summed E-state index contributed by atoms with van der Waals surface area (Å²) >= 11 is 16.5. The van der Waals surface area contributed by atoms with Crippen molar-refractivity contribution in [3.8, 4) is 0 Å². The number of rotatable bonds is 5. The molecule has 1 aliphatic carbocycles. The van der Waals surface area contributed by atoms with E-state index in [1.54, 1.807) is 42.5 Å². The Morgan fingerprint density at radius 3 is 1.93 bits per heavy atom. The van der Waals surface area contributed by atoms with Gasteiger partial charge in [-0.05, 0) is 40.9 Å². The Balaban J connectivity index is 0.000000221. The van der Waals surface area contributed by atoms with Crippen molar-refractivity contribution in [3.05, 3.63) is 70.8 Å². The molecule has 150 valence electrons. The first-order valence-corrected chi connectivity index (χ1v) is 9.87. The third-order valence-corrected chi connectivity index (χ3v) is 4.91. The fourth-order valence-corrected chi connectivity index (χ4v) is 3.05. The highest BCUT2D eigenvalue weighted by atomic mass is 35.5. The SMILES string of the molecule is O=C(Cl)c1cccc(CCl)c1.O=C(NC1CC(F)(F)C1)c1cccc(CCl)c1. The van der Waals surface area contributed by atoms with Gasteiger partial charge in [-0.3, -0.25) is 9.59 Å². The van der Waals surface area contributed by atoms with Crippen molar-refractivity contribution < 1.29 is 18.4 Å². The van der Waals surface area contributed by atoms with Gasteiger partial charge in [-0.2, -0.15) is 0 Å². The van der Waals surface area contributed by atoms with Crippen LogP contribution in [0.1, 0.15) is 44.7 Å². The van der Waals surface area contributed by atoms with Gasteiger partial charge in [0.1, 0.15) is 0 Å².